The number of aromatic nitrogens is 2. The summed E-state index contributed by atoms with van der Waals surface area (Å²) in [4.78, 5) is 11.2. The molecule has 0 atom stereocenters. The summed E-state index contributed by atoms with van der Waals surface area (Å²) in [5.41, 5.74) is 0. The summed E-state index contributed by atoms with van der Waals surface area (Å²) in [6.07, 6.45) is 1.52. The maximum atomic E-state index is 11.2. The minimum atomic E-state index is -0.201. The van der Waals surface area contributed by atoms with Crippen LogP contribution < -0.4 is 10.6 Å². The van der Waals surface area contributed by atoms with E-state index < -0.39 is 0 Å². The first-order valence-electron chi connectivity index (χ1n) is 4.23. The first-order valence-corrected chi connectivity index (χ1v) is 6.15. The maximum Gasteiger partial charge on any atom is 0.319 e. The Morgan fingerprint density at radius 3 is 3.21 bits per heavy atom. The number of thioether (sulfide) groups is 1. The molecule has 0 aliphatic heterocycles. The SMILES string of the molecule is CCSCCNC(=O)Nc1cnns1. The Labute approximate surface area is 90.8 Å². The zero-order valence-corrected chi connectivity index (χ0v) is 9.45. The molecule has 0 radical (unpaired) electrons. The van der Waals surface area contributed by atoms with Crippen LogP contribution in [0, 0.1) is 0 Å². The number of urea groups is 1. The molecular formula is C7H12N4OS2. The highest BCUT2D eigenvalue weighted by atomic mass is 32.2. The summed E-state index contributed by atoms with van der Waals surface area (Å²) in [6, 6.07) is -0.201. The molecule has 0 aliphatic carbocycles. The number of rotatable bonds is 5. The van der Waals surface area contributed by atoms with Crippen LogP contribution in [0.15, 0.2) is 6.20 Å². The van der Waals surface area contributed by atoms with Crippen LogP contribution in [0.5, 0.6) is 0 Å². The summed E-state index contributed by atoms with van der Waals surface area (Å²) in [7, 11) is 0. The van der Waals surface area contributed by atoms with Crippen molar-refractivity contribution in [2.45, 2.75) is 6.92 Å². The lowest BCUT2D eigenvalue weighted by molar-refractivity contribution is 0.252. The van der Waals surface area contributed by atoms with E-state index in [9.17, 15) is 4.79 Å². The molecule has 14 heavy (non-hydrogen) atoms. The molecule has 2 amide bonds. The molecule has 0 unspecified atom stereocenters. The van der Waals surface area contributed by atoms with Gasteiger partial charge in [-0.3, -0.25) is 5.32 Å². The van der Waals surface area contributed by atoms with Crippen LogP contribution in [0.3, 0.4) is 0 Å². The normalized spacial score (nSPS) is 9.79. The van der Waals surface area contributed by atoms with Gasteiger partial charge < -0.3 is 5.32 Å². The Kier molecular flexibility index (Phi) is 5.31. The van der Waals surface area contributed by atoms with Crippen molar-refractivity contribution in [1.82, 2.24) is 14.9 Å². The number of carbonyl (C=O) groups excluding carboxylic acids is 1. The van der Waals surface area contributed by atoms with E-state index in [1.807, 2.05) is 0 Å². The predicted molar refractivity (Wildman–Crippen MR) is 59.9 cm³/mol. The van der Waals surface area contributed by atoms with Crippen LogP contribution >= 0.6 is 23.3 Å². The number of hydrogen-bond donors (Lipinski definition) is 2. The second-order valence-electron chi connectivity index (χ2n) is 2.36. The second kappa shape index (κ2) is 6.61. The van der Waals surface area contributed by atoms with E-state index in [1.165, 1.54) is 6.20 Å². The van der Waals surface area contributed by atoms with Crippen molar-refractivity contribution in [3.63, 3.8) is 0 Å². The topological polar surface area (TPSA) is 66.9 Å². The van der Waals surface area contributed by atoms with E-state index >= 15 is 0 Å². The van der Waals surface area contributed by atoms with E-state index in [2.05, 4.69) is 27.1 Å². The van der Waals surface area contributed by atoms with Crippen LogP contribution in [0.1, 0.15) is 6.92 Å². The molecule has 0 aromatic carbocycles. The van der Waals surface area contributed by atoms with Gasteiger partial charge in [-0.25, -0.2) is 4.79 Å². The van der Waals surface area contributed by atoms with Crippen molar-refractivity contribution >= 4 is 34.3 Å². The van der Waals surface area contributed by atoms with Crippen LogP contribution in [-0.4, -0.2) is 33.7 Å². The van der Waals surface area contributed by atoms with Gasteiger partial charge in [0.2, 0.25) is 0 Å². The van der Waals surface area contributed by atoms with Crippen molar-refractivity contribution in [2.24, 2.45) is 0 Å². The van der Waals surface area contributed by atoms with Gasteiger partial charge in [-0.05, 0) is 5.75 Å². The molecule has 0 fully saturated rings. The average molecular weight is 232 g/mol. The highest BCUT2D eigenvalue weighted by molar-refractivity contribution is 7.99. The number of amides is 2. The highest BCUT2D eigenvalue weighted by Crippen LogP contribution is 2.08. The third-order valence-electron chi connectivity index (χ3n) is 1.33. The van der Waals surface area contributed by atoms with Gasteiger partial charge in [-0.15, -0.1) is 5.10 Å². The molecule has 1 aromatic heterocycles. The Bertz CT molecular complexity index is 265. The van der Waals surface area contributed by atoms with Gasteiger partial charge in [0.05, 0.1) is 6.20 Å². The molecule has 0 bridgehead atoms. The second-order valence-corrected chi connectivity index (χ2v) is 4.54. The van der Waals surface area contributed by atoms with Gasteiger partial charge in [0.25, 0.3) is 0 Å². The van der Waals surface area contributed by atoms with E-state index in [-0.39, 0.29) is 6.03 Å². The number of carbonyl (C=O) groups is 1. The molecule has 2 N–H and O–H groups in total. The lowest BCUT2D eigenvalue weighted by Crippen LogP contribution is -2.30. The predicted octanol–water partition coefficient (Wildman–Crippen LogP) is 1.41. The third-order valence-corrected chi connectivity index (χ3v) is 2.82. The van der Waals surface area contributed by atoms with Crippen molar-refractivity contribution in [1.29, 1.82) is 0 Å². The summed E-state index contributed by atoms with van der Waals surface area (Å²) < 4.78 is 3.63. The number of hydrogen-bond acceptors (Lipinski definition) is 5. The monoisotopic (exact) mass is 232 g/mol. The van der Waals surface area contributed by atoms with E-state index in [0.717, 1.165) is 23.0 Å². The Balaban J connectivity index is 2.11. The summed E-state index contributed by atoms with van der Waals surface area (Å²) in [5.74, 6) is 2.01. The standard InChI is InChI=1S/C7H12N4OS2/c1-2-13-4-3-8-7(12)10-6-5-9-11-14-6/h5H,2-4H2,1H3,(H2,8,10,12). The van der Waals surface area contributed by atoms with Gasteiger partial charge in [-0.2, -0.15) is 11.8 Å². The average Bonchev–Trinajstić information content (AvgIpc) is 2.65. The van der Waals surface area contributed by atoms with Crippen LogP contribution in [0.2, 0.25) is 0 Å². The minimum Gasteiger partial charge on any atom is -0.337 e. The van der Waals surface area contributed by atoms with Crippen molar-refractivity contribution in [3.05, 3.63) is 6.20 Å². The smallest absolute Gasteiger partial charge is 0.319 e. The molecular weight excluding hydrogens is 220 g/mol. The Morgan fingerprint density at radius 1 is 1.71 bits per heavy atom. The molecule has 0 saturated heterocycles. The molecule has 0 aliphatic rings. The van der Waals surface area contributed by atoms with Crippen molar-refractivity contribution in [2.75, 3.05) is 23.4 Å². The fraction of sp³-hybridized carbons (Fsp3) is 0.571. The fourth-order valence-electron chi connectivity index (χ4n) is 0.759. The molecule has 5 nitrogen and oxygen atoms in total. The summed E-state index contributed by atoms with van der Waals surface area (Å²) in [5, 5.41) is 9.63. The van der Waals surface area contributed by atoms with E-state index in [1.54, 1.807) is 11.8 Å². The fourth-order valence-corrected chi connectivity index (χ4v) is 1.71. The summed E-state index contributed by atoms with van der Waals surface area (Å²) >= 11 is 2.95. The van der Waals surface area contributed by atoms with E-state index in [0.29, 0.717) is 11.5 Å². The lowest BCUT2D eigenvalue weighted by Gasteiger charge is -2.03. The molecule has 7 heteroatoms. The van der Waals surface area contributed by atoms with Crippen LogP contribution in [-0.2, 0) is 0 Å². The first-order chi connectivity index (χ1) is 6.83. The Morgan fingerprint density at radius 2 is 2.57 bits per heavy atom. The summed E-state index contributed by atoms with van der Waals surface area (Å²) in [6.45, 7) is 2.77. The van der Waals surface area contributed by atoms with E-state index in [4.69, 9.17) is 0 Å². The lowest BCUT2D eigenvalue weighted by atomic mass is 10.7. The maximum absolute atomic E-state index is 11.2. The zero-order valence-electron chi connectivity index (χ0n) is 7.82. The Hall–Kier alpha value is -0.820. The number of anilines is 1. The van der Waals surface area contributed by atoms with Crippen LogP contribution in [0.25, 0.3) is 0 Å². The van der Waals surface area contributed by atoms with Crippen molar-refractivity contribution in [3.8, 4) is 0 Å². The number of nitrogens with one attached hydrogen (secondary N) is 2. The van der Waals surface area contributed by atoms with Gasteiger partial charge in [-0.1, -0.05) is 11.4 Å². The largest absolute Gasteiger partial charge is 0.337 e. The van der Waals surface area contributed by atoms with Gasteiger partial charge in [0, 0.05) is 23.8 Å². The quantitative estimate of drug-likeness (QED) is 0.753. The van der Waals surface area contributed by atoms with Gasteiger partial charge in [0.15, 0.2) is 0 Å². The zero-order chi connectivity index (χ0) is 10.2. The molecule has 78 valence electrons. The molecule has 0 saturated carbocycles. The van der Waals surface area contributed by atoms with Crippen molar-refractivity contribution < 1.29 is 4.79 Å². The molecule has 0 spiro atoms. The molecule has 1 aromatic rings. The number of nitrogens with zero attached hydrogens (tertiary/aromatic N) is 2. The third kappa shape index (κ3) is 4.43. The molecule has 1 rings (SSSR count). The molecule has 1 heterocycles. The van der Waals surface area contributed by atoms with Gasteiger partial charge in [0.1, 0.15) is 5.00 Å². The van der Waals surface area contributed by atoms with Gasteiger partial charge >= 0.3 is 6.03 Å². The highest BCUT2D eigenvalue weighted by Gasteiger charge is 2.01. The van der Waals surface area contributed by atoms with Crippen LogP contribution in [0.4, 0.5) is 9.80 Å². The minimum absolute atomic E-state index is 0.201. The first kappa shape index (κ1) is 11.3.